The fourth-order valence-electron chi connectivity index (χ4n) is 4.67. The Morgan fingerprint density at radius 2 is 1.90 bits per heavy atom. The Kier molecular flexibility index (Phi) is 3.45. The van der Waals surface area contributed by atoms with Gasteiger partial charge in [-0.15, -0.1) is 0 Å². The molecule has 1 saturated carbocycles. The molecule has 20 heavy (non-hydrogen) atoms. The van der Waals surface area contributed by atoms with Crippen LogP contribution in [0.2, 0.25) is 0 Å². The molecule has 3 atom stereocenters. The zero-order valence-corrected chi connectivity index (χ0v) is 13.5. The second-order valence-corrected chi connectivity index (χ2v) is 8.48. The van der Waals surface area contributed by atoms with Gasteiger partial charge in [0.05, 0.1) is 18.2 Å². The van der Waals surface area contributed by atoms with Gasteiger partial charge in [-0.2, -0.15) is 0 Å². The molecule has 116 valence electrons. The summed E-state index contributed by atoms with van der Waals surface area (Å²) in [5.74, 6) is 0. The molecule has 0 radical (unpaired) electrons. The minimum atomic E-state index is -0.724. The maximum atomic E-state index is 14.7. The summed E-state index contributed by atoms with van der Waals surface area (Å²) < 4.78 is 20.8. The van der Waals surface area contributed by atoms with E-state index in [1.807, 2.05) is 0 Å². The molecule has 2 nitrogen and oxygen atoms in total. The number of halogens is 1. The van der Waals surface area contributed by atoms with Crippen LogP contribution in [-0.2, 0) is 4.74 Å². The molecular formula is C17H30FNO. The van der Waals surface area contributed by atoms with Gasteiger partial charge in [-0.3, -0.25) is 4.90 Å². The lowest BCUT2D eigenvalue weighted by atomic mass is 9.71. The van der Waals surface area contributed by atoms with Crippen molar-refractivity contribution in [2.24, 2.45) is 5.41 Å². The molecule has 0 aromatic heterocycles. The highest BCUT2D eigenvalue weighted by Crippen LogP contribution is 2.53. The second-order valence-electron chi connectivity index (χ2n) is 8.48. The van der Waals surface area contributed by atoms with Gasteiger partial charge in [0.25, 0.3) is 0 Å². The predicted octanol–water partition coefficient (Wildman–Crippen LogP) is 3.94. The minimum Gasteiger partial charge on any atom is -0.374 e. The molecule has 1 aliphatic carbocycles. The molecule has 3 heteroatoms. The molecule has 0 spiro atoms. The van der Waals surface area contributed by atoms with Gasteiger partial charge in [-0.1, -0.05) is 20.8 Å². The fraction of sp³-hybridized carbons (Fsp3) is 1.00. The number of hydrogen-bond donors (Lipinski definition) is 0. The van der Waals surface area contributed by atoms with Crippen molar-refractivity contribution in [1.29, 1.82) is 0 Å². The van der Waals surface area contributed by atoms with E-state index in [1.165, 1.54) is 12.8 Å². The topological polar surface area (TPSA) is 12.5 Å². The number of alkyl halides is 1. The minimum absolute atomic E-state index is 0.0193. The molecule has 0 amide bonds. The zero-order valence-electron chi connectivity index (χ0n) is 13.5. The van der Waals surface area contributed by atoms with E-state index in [9.17, 15) is 4.39 Å². The smallest absolute Gasteiger partial charge is 0.120 e. The number of ether oxygens (including phenoxy) is 1. The molecule has 0 aromatic carbocycles. The lowest BCUT2D eigenvalue weighted by Gasteiger charge is -2.46. The Hall–Kier alpha value is -0.150. The van der Waals surface area contributed by atoms with Gasteiger partial charge in [-0.05, 0) is 57.4 Å². The molecule has 3 fully saturated rings. The summed E-state index contributed by atoms with van der Waals surface area (Å²) in [6.07, 6.45) is 5.86. The van der Waals surface area contributed by atoms with E-state index in [0.29, 0.717) is 13.0 Å². The van der Waals surface area contributed by atoms with Crippen LogP contribution in [-0.4, -0.2) is 41.4 Å². The monoisotopic (exact) mass is 283 g/mol. The summed E-state index contributed by atoms with van der Waals surface area (Å²) in [7, 11) is 0. The molecule has 0 bridgehead atoms. The van der Waals surface area contributed by atoms with Gasteiger partial charge >= 0.3 is 0 Å². The molecule has 0 N–H and O–H groups in total. The van der Waals surface area contributed by atoms with Crippen LogP contribution in [0.5, 0.6) is 0 Å². The maximum absolute atomic E-state index is 14.7. The Bertz CT molecular complexity index is 374. The SMILES string of the molecule is CC1(OCC2C(F)CC3(C(C)(C)C)CCCN23)CCC1. The number of hydrogen-bond acceptors (Lipinski definition) is 2. The summed E-state index contributed by atoms with van der Waals surface area (Å²) in [6, 6.07) is -0.0193. The van der Waals surface area contributed by atoms with Crippen molar-refractivity contribution in [3.8, 4) is 0 Å². The van der Waals surface area contributed by atoms with Crippen LogP contribution in [0.1, 0.15) is 66.2 Å². The van der Waals surface area contributed by atoms with Gasteiger partial charge in [0.1, 0.15) is 6.17 Å². The normalized spacial score (nSPS) is 40.6. The Morgan fingerprint density at radius 1 is 1.20 bits per heavy atom. The number of fused-ring (bicyclic) bond motifs is 1. The van der Waals surface area contributed by atoms with Crippen LogP contribution >= 0.6 is 0 Å². The van der Waals surface area contributed by atoms with E-state index in [2.05, 4.69) is 32.6 Å². The average Bonchev–Trinajstić information content (AvgIpc) is 2.81. The first kappa shape index (κ1) is 14.8. The van der Waals surface area contributed by atoms with Crippen LogP contribution in [0.25, 0.3) is 0 Å². The number of nitrogens with zero attached hydrogens (tertiary/aromatic N) is 1. The molecular weight excluding hydrogens is 253 g/mol. The van der Waals surface area contributed by atoms with Gasteiger partial charge in [-0.25, -0.2) is 4.39 Å². The van der Waals surface area contributed by atoms with Crippen molar-refractivity contribution in [2.45, 2.75) is 89.6 Å². The summed E-state index contributed by atoms with van der Waals surface area (Å²) in [4.78, 5) is 2.46. The molecule has 0 aromatic rings. The quantitative estimate of drug-likeness (QED) is 0.778. The van der Waals surface area contributed by atoms with E-state index in [0.717, 1.165) is 25.8 Å². The van der Waals surface area contributed by atoms with Crippen LogP contribution in [0, 0.1) is 5.41 Å². The van der Waals surface area contributed by atoms with Gasteiger partial charge in [0.2, 0.25) is 0 Å². The van der Waals surface area contributed by atoms with Crippen molar-refractivity contribution in [3.63, 3.8) is 0 Å². The molecule has 3 unspecified atom stereocenters. The van der Waals surface area contributed by atoms with Crippen LogP contribution < -0.4 is 0 Å². The Balaban J connectivity index is 1.72. The number of rotatable bonds is 3. The largest absolute Gasteiger partial charge is 0.374 e. The van der Waals surface area contributed by atoms with Gasteiger partial charge in [0.15, 0.2) is 0 Å². The highest BCUT2D eigenvalue weighted by molar-refractivity contribution is 5.13. The van der Waals surface area contributed by atoms with E-state index in [4.69, 9.17) is 4.74 Å². The Labute approximate surface area is 123 Å². The van der Waals surface area contributed by atoms with Gasteiger partial charge in [0, 0.05) is 5.54 Å². The Morgan fingerprint density at radius 3 is 2.45 bits per heavy atom. The maximum Gasteiger partial charge on any atom is 0.120 e. The predicted molar refractivity (Wildman–Crippen MR) is 79.6 cm³/mol. The zero-order chi connectivity index (χ0) is 14.6. The van der Waals surface area contributed by atoms with Crippen LogP contribution in [0.3, 0.4) is 0 Å². The molecule has 3 aliphatic rings. The third-order valence-corrected chi connectivity index (χ3v) is 6.30. The van der Waals surface area contributed by atoms with Crippen LogP contribution in [0.4, 0.5) is 4.39 Å². The molecule has 2 saturated heterocycles. The van der Waals surface area contributed by atoms with E-state index < -0.39 is 6.17 Å². The highest BCUT2D eigenvalue weighted by atomic mass is 19.1. The highest BCUT2D eigenvalue weighted by Gasteiger charge is 2.59. The third kappa shape index (κ3) is 2.12. The lowest BCUT2D eigenvalue weighted by Crippen LogP contribution is -2.53. The van der Waals surface area contributed by atoms with Crippen molar-refractivity contribution in [2.75, 3.05) is 13.2 Å². The van der Waals surface area contributed by atoms with Crippen molar-refractivity contribution in [3.05, 3.63) is 0 Å². The van der Waals surface area contributed by atoms with Crippen LogP contribution in [0.15, 0.2) is 0 Å². The summed E-state index contributed by atoms with van der Waals surface area (Å²) in [5.41, 5.74) is 0.232. The lowest BCUT2D eigenvalue weighted by molar-refractivity contribution is -0.109. The standard InChI is InChI=1S/C17H30FNO/c1-15(2,3)17-9-6-10-19(17)14(13(18)11-17)12-20-16(4)7-5-8-16/h13-14H,5-12H2,1-4H3. The first-order valence-corrected chi connectivity index (χ1v) is 8.32. The van der Waals surface area contributed by atoms with Crippen molar-refractivity contribution in [1.82, 2.24) is 4.90 Å². The van der Waals surface area contributed by atoms with Gasteiger partial charge < -0.3 is 4.74 Å². The summed E-state index contributed by atoms with van der Waals surface area (Å²) >= 11 is 0. The van der Waals surface area contributed by atoms with E-state index in [1.54, 1.807) is 0 Å². The summed E-state index contributed by atoms with van der Waals surface area (Å²) in [6.45, 7) is 10.6. The fourth-order valence-corrected chi connectivity index (χ4v) is 4.67. The average molecular weight is 283 g/mol. The second kappa shape index (κ2) is 4.67. The first-order chi connectivity index (χ1) is 9.28. The molecule has 2 heterocycles. The van der Waals surface area contributed by atoms with Crippen molar-refractivity contribution < 1.29 is 9.13 Å². The summed E-state index contributed by atoms with van der Waals surface area (Å²) in [5, 5.41) is 0. The van der Waals surface area contributed by atoms with Crippen molar-refractivity contribution >= 4 is 0 Å². The first-order valence-electron chi connectivity index (χ1n) is 8.32. The van der Waals surface area contributed by atoms with E-state index >= 15 is 0 Å². The van der Waals surface area contributed by atoms with E-state index in [-0.39, 0.29) is 22.6 Å². The third-order valence-electron chi connectivity index (χ3n) is 6.30. The molecule has 2 aliphatic heterocycles. The molecule has 3 rings (SSSR count).